The van der Waals surface area contributed by atoms with Crippen LogP contribution in [0.4, 0.5) is 0 Å². The first-order valence-electron chi connectivity index (χ1n) is 10.7. The van der Waals surface area contributed by atoms with Crippen molar-refractivity contribution in [2.24, 2.45) is 10.9 Å². The molecule has 2 fully saturated rings. The molecular weight excluding hydrogens is 469 g/mol. The summed E-state index contributed by atoms with van der Waals surface area (Å²) in [5.41, 5.74) is 0. The number of aliphatic imine (C=N–C) groups is 1. The van der Waals surface area contributed by atoms with Crippen LogP contribution in [0.25, 0.3) is 0 Å². The van der Waals surface area contributed by atoms with Gasteiger partial charge in [0, 0.05) is 51.7 Å². The van der Waals surface area contributed by atoms with Crippen molar-refractivity contribution in [3.8, 4) is 0 Å². The van der Waals surface area contributed by atoms with Gasteiger partial charge in [0.2, 0.25) is 5.91 Å². The Bertz CT molecular complexity index is 464. The zero-order valence-corrected chi connectivity index (χ0v) is 20.2. The van der Waals surface area contributed by atoms with Gasteiger partial charge in [0.15, 0.2) is 5.96 Å². The molecule has 2 rings (SSSR count). The molecule has 0 radical (unpaired) electrons. The van der Waals surface area contributed by atoms with E-state index < -0.39 is 0 Å². The fraction of sp³-hybridized carbons (Fsp3) is 0.900. The standard InChI is InChI=1S/C20H39N5O2.HI/c1-4-16(5-2)18(25-11-13-27-14-12-25)15-23-20(21-3)22-10-6-7-19(26)24-17-8-9-17;/h16-18H,4-15H2,1-3H3,(H,24,26)(H2,21,22,23);1H. The topological polar surface area (TPSA) is 78.0 Å². The second-order valence-corrected chi connectivity index (χ2v) is 7.62. The lowest BCUT2D eigenvalue weighted by Gasteiger charge is -2.39. The maximum absolute atomic E-state index is 11.7. The van der Waals surface area contributed by atoms with Crippen molar-refractivity contribution in [1.82, 2.24) is 20.9 Å². The molecule has 1 saturated heterocycles. The molecule has 1 heterocycles. The first-order chi connectivity index (χ1) is 13.2. The maximum Gasteiger partial charge on any atom is 0.220 e. The van der Waals surface area contributed by atoms with Crippen LogP contribution in [0.1, 0.15) is 52.4 Å². The van der Waals surface area contributed by atoms with Crippen molar-refractivity contribution in [2.75, 3.05) is 46.4 Å². The molecule has 1 atom stereocenters. The predicted molar refractivity (Wildman–Crippen MR) is 125 cm³/mol. The third-order valence-electron chi connectivity index (χ3n) is 5.63. The summed E-state index contributed by atoms with van der Waals surface area (Å²) in [7, 11) is 1.80. The molecular formula is C20H40IN5O2. The molecule has 164 valence electrons. The van der Waals surface area contributed by atoms with Crippen molar-refractivity contribution in [1.29, 1.82) is 0 Å². The van der Waals surface area contributed by atoms with E-state index in [-0.39, 0.29) is 29.9 Å². The molecule has 0 aromatic rings. The molecule has 1 unspecified atom stereocenters. The number of ether oxygens (including phenoxy) is 1. The Hall–Kier alpha value is -0.610. The molecule has 1 amide bonds. The number of morpholine rings is 1. The first kappa shape index (κ1) is 25.4. The lowest BCUT2D eigenvalue weighted by atomic mass is 9.92. The van der Waals surface area contributed by atoms with Crippen molar-refractivity contribution in [3.63, 3.8) is 0 Å². The van der Waals surface area contributed by atoms with E-state index in [1.54, 1.807) is 7.05 Å². The van der Waals surface area contributed by atoms with Crippen LogP contribution in [0.15, 0.2) is 4.99 Å². The number of hydrogen-bond donors (Lipinski definition) is 3. The Morgan fingerprint density at radius 1 is 1.18 bits per heavy atom. The number of nitrogens with one attached hydrogen (secondary N) is 3. The number of guanidine groups is 1. The number of hydrogen-bond acceptors (Lipinski definition) is 4. The number of carbonyl (C=O) groups is 1. The molecule has 0 aromatic carbocycles. The number of rotatable bonds is 11. The normalized spacial score (nSPS) is 19.1. The van der Waals surface area contributed by atoms with E-state index in [4.69, 9.17) is 4.74 Å². The summed E-state index contributed by atoms with van der Waals surface area (Å²) in [6.07, 6.45) is 6.04. The van der Waals surface area contributed by atoms with Gasteiger partial charge < -0.3 is 20.7 Å². The van der Waals surface area contributed by atoms with Gasteiger partial charge in [0.05, 0.1) is 13.2 Å². The highest BCUT2D eigenvalue weighted by atomic mass is 127. The fourth-order valence-electron chi connectivity index (χ4n) is 3.74. The van der Waals surface area contributed by atoms with Gasteiger partial charge in [-0.25, -0.2) is 0 Å². The van der Waals surface area contributed by atoms with Crippen LogP contribution >= 0.6 is 24.0 Å². The van der Waals surface area contributed by atoms with Gasteiger partial charge in [0.1, 0.15) is 0 Å². The molecule has 7 nitrogen and oxygen atoms in total. The van der Waals surface area contributed by atoms with Gasteiger partial charge in [-0.2, -0.15) is 0 Å². The van der Waals surface area contributed by atoms with Crippen molar-refractivity contribution in [3.05, 3.63) is 0 Å². The molecule has 1 saturated carbocycles. The van der Waals surface area contributed by atoms with Gasteiger partial charge in [-0.05, 0) is 25.2 Å². The van der Waals surface area contributed by atoms with E-state index in [2.05, 4.69) is 39.7 Å². The minimum Gasteiger partial charge on any atom is -0.379 e. The SMILES string of the molecule is CCC(CC)C(CNC(=NC)NCCCC(=O)NC1CC1)N1CCOCC1.I. The van der Waals surface area contributed by atoms with Crippen LogP contribution in [-0.4, -0.2) is 75.3 Å². The fourth-order valence-corrected chi connectivity index (χ4v) is 3.74. The van der Waals surface area contributed by atoms with Crippen LogP contribution in [0.5, 0.6) is 0 Å². The summed E-state index contributed by atoms with van der Waals surface area (Å²) in [5, 5.41) is 9.87. The van der Waals surface area contributed by atoms with Crippen LogP contribution in [-0.2, 0) is 9.53 Å². The molecule has 2 aliphatic rings. The molecule has 0 spiro atoms. The van der Waals surface area contributed by atoms with Crippen LogP contribution < -0.4 is 16.0 Å². The van der Waals surface area contributed by atoms with E-state index in [0.717, 1.165) is 64.6 Å². The average molecular weight is 509 g/mol. The largest absolute Gasteiger partial charge is 0.379 e. The molecule has 1 aliphatic heterocycles. The lowest BCUT2D eigenvalue weighted by Crippen LogP contribution is -2.53. The molecule has 1 aliphatic carbocycles. The highest BCUT2D eigenvalue weighted by Gasteiger charge is 2.27. The number of amides is 1. The molecule has 0 aromatic heterocycles. The Morgan fingerprint density at radius 2 is 1.86 bits per heavy atom. The quantitative estimate of drug-likeness (QED) is 0.172. The smallest absolute Gasteiger partial charge is 0.220 e. The van der Waals surface area contributed by atoms with Gasteiger partial charge in [-0.15, -0.1) is 24.0 Å². The first-order valence-corrected chi connectivity index (χ1v) is 10.7. The highest BCUT2D eigenvalue weighted by molar-refractivity contribution is 14.0. The van der Waals surface area contributed by atoms with Gasteiger partial charge in [-0.3, -0.25) is 14.7 Å². The monoisotopic (exact) mass is 509 g/mol. The Kier molecular flexibility index (Phi) is 13.1. The Morgan fingerprint density at radius 3 is 2.43 bits per heavy atom. The second-order valence-electron chi connectivity index (χ2n) is 7.62. The highest BCUT2D eigenvalue weighted by Crippen LogP contribution is 2.20. The third kappa shape index (κ3) is 9.26. The van der Waals surface area contributed by atoms with Gasteiger partial charge >= 0.3 is 0 Å². The van der Waals surface area contributed by atoms with E-state index in [1.807, 2.05) is 0 Å². The van der Waals surface area contributed by atoms with Crippen LogP contribution in [0.2, 0.25) is 0 Å². The summed E-state index contributed by atoms with van der Waals surface area (Å²) in [4.78, 5) is 18.6. The van der Waals surface area contributed by atoms with Gasteiger partial charge in [-0.1, -0.05) is 26.7 Å². The van der Waals surface area contributed by atoms with Gasteiger partial charge in [0.25, 0.3) is 0 Å². The molecule has 0 bridgehead atoms. The number of carbonyl (C=O) groups excluding carboxylic acids is 1. The minimum absolute atomic E-state index is 0. The summed E-state index contributed by atoms with van der Waals surface area (Å²) < 4.78 is 5.53. The Balaban J connectivity index is 0.00000392. The molecule has 28 heavy (non-hydrogen) atoms. The lowest BCUT2D eigenvalue weighted by molar-refractivity contribution is -0.121. The zero-order valence-electron chi connectivity index (χ0n) is 17.8. The second kappa shape index (κ2) is 14.4. The summed E-state index contributed by atoms with van der Waals surface area (Å²) in [5.74, 6) is 1.66. The predicted octanol–water partition coefficient (Wildman–Crippen LogP) is 1.97. The van der Waals surface area contributed by atoms with Crippen LogP contribution in [0, 0.1) is 5.92 Å². The zero-order chi connectivity index (χ0) is 19.5. The minimum atomic E-state index is 0. The van der Waals surface area contributed by atoms with Crippen molar-refractivity contribution >= 4 is 35.8 Å². The van der Waals surface area contributed by atoms with E-state index in [0.29, 0.717) is 24.4 Å². The number of nitrogens with zero attached hydrogens (tertiary/aromatic N) is 2. The van der Waals surface area contributed by atoms with E-state index in [1.165, 1.54) is 12.8 Å². The Labute approximate surface area is 187 Å². The maximum atomic E-state index is 11.7. The molecule has 3 N–H and O–H groups in total. The van der Waals surface area contributed by atoms with E-state index in [9.17, 15) is 4.79 Å². The van der Waals surface area contributed by atoms with Crippen LogP contribution in [0.3, 0.4) is 0 Å². The van der Waals surface area contributed by atoms with Crippen molar-refractivity contribution < 1.29 is 9.53 Å². The summed E-state index contributed by atoms with van der Waals surface area (Å²) >= 11 is 0. The number of halogens is 1. The average Bonchev–Trinajstić information content (AvgIpc) is 3.51. The van der Waals surface area contributed by atoms with E-state index >= 15 is 0 Å². The van der Waals surface area contributed by atoms with Crippen molar-refractivity contribution in [2.45, 2.75) is 64.5 Å². The summed E-state index contributed by atoms with van der Waals surface area (Å²) in [6, 6.07) is 0.939. The third-order valence-corrected chi connectivity index (χ3v) is 5.63. The summed E-state index contributed by atoms with van der Waals surface area (Å²) in [6.45, 7) is 9.86. The molecule has 8 heteroatoms.